The number of rotatable bonds is 1. The maximum Gasteiger partial charge on any atom is 0.216 e. The molecule has 0 saturated heterocycles. The van der Waals surface area contributed by atoms with E-state index in [9.17, 15) is 0 Å². The normalized spacial score (nSPS) is 14.5. The lowest BCUT2D eigenvalue weighted by atomic mass is 9.96. The predicted octanol–water partition coefficient (Wildman–Crippen LogP) is 5.86. The van der Waals surface area contributed by atoms with E-state index in [2.05, 4.69) is 4.85 Å². The lowest BCUT2D eigenvalue weighted by Gasteiger charge is -2.09. The fourth-order valence-corrected chi connectivity index (χ4v) is 3.48. The summed E-state index contributed by atoms with van der Waals surface area (Å²) >= 11 is 0. The first-order valence-corrected chi connectivity index (χ1v) is 8.32. The zero-order valence-electron chi connectivity index (χ0n) is 20.1. The topological polar surface area (TPSA) is 21.4 Å². The average Bonchev–Trinajstić information content (AvgIpc) is 3.09. The van der Waals surface area contributed by atoms with Crippen molar-refractivity contribution in [3.05, 3.63) is 70.2 Å². The minimum absolute atomic E-state index is 0.179. The zero-order valence-corrected chi connectivity index (χ0v) is 15.1. The summed E-state index contributed by atoms with van der Waals surface area (Å²) in [5.74, 6) is 0. The average molecular weight is 346 g/mol. The van der Waals surface area contributed by atoms with E-state index in [1.54, 1.807) is 49.7 Å². The van der Waals surface area contributed by atoms with Crippen LogP contribution in [0.5, 0.6) is 0 Å². The molecule has 2 aromatic heterocycles. The number of pyridine rings is 1. The molecule has 3 nitrogen and oxygen atoms in total. The van der Waals surface area contributed by atoms with Crippen molar-refractivity contribution < 1.29 is 15.8 Å². The molecule has 26 heavy (non-hydrogen) atoms. The minimum Gasteiger partial charge on any atom is -0.456 e. The van der Waals surface area contributed by atoms with Crippen molar-refractivity contribution in [3.8, 4) is 11.3 Å². The van der Waals surface area contributed by atoms with Gasteiger partial charge in [-0.1, -0.05) is 18.2 Å². The third kappa shape index (κ3) is 2.30. The summed E-state index contributed by atoms with van der Waals surface area (Å²) in [6, 6.07) is 7.11. The molecule has 0 N–H and O–H groups in total. The molecule has 0 atom stereocenters. The standard InChI is InChI=1S/C23H21N2O/c1-13-9-16(4)25(6)19(10-13)22-15(3)11-14(2)21-18-8-7-17(24-5)12-20(18)26-23(21)22/h7-12H,1-4,6H3/q+1/i2D3,9D,10D. The van der Waals surface area contributed by atoms with Gasteiger partial charge in [-0.3, -0.25) is 0 Å². The number of hydrogen-bond donors (Lipinski definition) is 0. The van der Waals surface area contributed by atoms with Gasteiger partial charge in [0.25, 0.3) is 0 Å². The fraction of sp³-hybridized carbons (Fsp3) is 0.217. The van der Waals surface area contributed by atoms with Gasteiger partial charge in [0.2, 0.25) is 5.69 Å². The van der Waals surface area contributed by atoms with E-state index in [0.717, 1.165) is 0 Å². The Bertz CT molecular complexity index is 1410. The number of nitrogens with zero attached hydrogens (tertiary/aromatic N) is 2. The molecule has 0 amide bonds. The van der Waals surface area contributed by atoms with Crippen LogP contribution < -0.4 is 4.57 Å². The van der Waals surface area contributed by atoms with Gasteiger partial charge in [0.15, 0.2) is 11.4 Å². The molecular weight excluding hydrogens is 320 g/mol. The maximum atomic E-state index is 8.72. The Balaban J connectivity index is 2.27. The van der Waals surface area contributed by atoms with Crippen LogP contribution in [0.25, 0.3) is 38.0 Å². The molecule has 0 aliphatic carbocycles. The Morgan fingerprint density at radius 3 is 2.69 bits per heavy atom. The first-order valence-electron chi connectivity index (χ1n) is 10.8. The molecule has 0 aliphatic heterocycles. The van der Waals surface area contributed by atoms with Gasteiger partial charge in [-0.2, -0.15) is 4.57 Å². The second kappa shape index (κ2) is 5.71. The van der Waals surface area contributed by atoms with E-state index in [0.29, 0.717) is 61.7 Å². The lowest BCUT2D eigenvalue weighted by Crippen LogP contribution is -2.35. The highest BCUT2D eigenvalue weighted by Crippen LogP contribution is 2.40. The number of benzene rings is 2. The molecule has 2 aromatic carbocycles. The quantitative estimate of drug-likeness (QED) is 0.312. The molecular formula is C23H21N2O+. The van der Waals surface area contributed by atoms with E-state index in [1.165, 1.54) is 0 Å². The Morgan fingerprint density at radius 1 is 1.15 bits per heavy atom. The van der Waals surface area contributed by atoms with Gasteiger partial charge >= 0.3 is 0 Å². The fourth-order valence-electron chi connectivity index (χ4n) is 3.48. The number of hydrogen-bond acceptors (Lipinski definition) is 1. The van der Waals surface area contributed by atoms with Gasteiger partial charge in [0.05, 0.1) is 14.9 Å². The van der Waals surface area contributed by atoms with Crippen LogP contribution in [-0.2, 0) is 7.05 Å². The molecule has 4 rings (SSSR count). The second-order valence-electron chi connectivity index (χ2n) is 6.58. The van der Waals surface area contributed by atoms with E-state index in [4.69, 9.17) is 17.8 Å². The van der Waals surface area contributed by atoms with Crippen molar-refractivity contribution in [2.45, 2.75) is 27.6 Å². The van der Waals surface area contributed by atoms with Crippen LogP contribution in [0.15, 0.2) is 40.8 Å². The molecule has 4 aromatic rings. The summed E-state index contributed by atoms with van der Waals surface area (Å²) in [6.07, 6.45) is 0. The lowest BCUT2D eigenvalue weighted by molar-refractivity contribution is -0.666. The number of aromatic nitrogens is 1. The molecule has 0 unspecified atom stereocenters. The first-order chi connectivity index (χ1) is 14.5. The molecule has 0 radical (unpaired) electrons. The third-order valence-electron chi connectivity index (χ3n) is 4.80. The summed E-state index contributed by atoms with van der Waals surface area (Å²) in [4.78, 5) is 3.45. The Hall–Kier alpha value is -3.12. The largest absolute Gasteiger partial charge is 0.456 e. The van der Waals surface area contributed by atoms with Crippen LogP contribution in [0.1, 0.15) is 29.2 Å². The van der Waals surface area contributed by atoms with Crippen LogP contribution in [0, 0.1) is 34.2 Å². The number of furan rings is 1. The van der Waals surface area contributed by atoms with E-state index in [-0.39, 0.29) is 11.6 Å². The van der Waals surface area contributed by atoms with E-state index >= 15 is 0 Å². The highest BCUT2D eigenvalue weighted by Gasteiger charge is 2.23. The van der Waals surface area contributed by atoms with Crippen LogP contribution in [0.3, 0.4) is 0 Å². The minimum atomic E-state index is -2.36. The molecule has 2 heterocycles. The van der Waals surface area contributed by atoms with Gasteiger partial charge in [-0.25, -0.2) is 4.85 Å². The SMILES string of the molecule is [2H]c1c(C)c([2H])c(-c2c(C)cc(C([2H])([2H])[2H])c3c2oc2cc([N+]#[C-])ccc23)[n+](C)c1C. The third-order valence-corrected chi connectivity index (χ3v) is 4.80. The molecule has 0 fully saturated rings. The number of aryl methyl sites for hydroxylation is 2. The van der Waals surface area contributed by atoms with Crippen molar-refractivity contribution in [1.82, 2.24) is 0 Å². The van der Waals surface area contributed by atoms with Crippen molar-refractivity contribution in [3.63, 3.8) is 0 Å². The summed E-state index contributed by atoms with van der Waals surface area (Å²) in [5.41, 5.74) is 4.49. The summed E-state index contributed by atoms with van der Waals surface area (Å²) < 4.78 is 49.2. The van der Waals surface area contributed by atoms with Crippen LogP contribution in [0.4, 0.5) is 5.69 Å². The highest BCUT2D eigenvalue weighted by atomic mass is 16.3. The van der Waals surface area contributed by atoms with Gasteiger partial charge in [-0.15, -0.1) is 0 Å². The monoisotopic (exact) mass is 346 g/mol. The smallest absolute Gasteiger partial charge is 0.216 e. The molecule has 128 valence electrons. The highest BCUT2D eigenvalue weighted by molar-refractivity contribution is 6.12. The van der Waals surface area contributed by atoms with Gasteiger partial charge in [-0.05, 0) is 43.5 Å². The van der Waals surface area contributed by atoms with Crippen molar-refractivity contribution in [2.24, 2.45) is 7.05 Å². The van der Waals surface area contributed by atoms with Crippen LogP contribution in [-0.4, -0.2) is 0 Å². The van der Waals surface area contributed by atoms with Crippen molar-refractivity contribution in [1.29, 1.82) is 0 Å². The van der Waals surface area contributed by atoms with Crippen molar-refractivity contribution in [2.75, 3.05) is 0 Å². The van der Waals surface area contributed by atoms with Gasteiger partial charge in [0.1, 0.15) is 18.2 Å². The van der Waals surface area contributed by atoms with E-state index < -0.39 is 6.85 Å². The number of fused-ring (bicyclic) bond motifs is 3. The summed E-state index contributed by atoms with van der Waals surface area (Å²) in [6.45, 7) is 10.3. The molecule has 0 bridgehead atoms. The van der Waals surface area contributed by atoms with Crippen LogP contribution >= 0.6 is 0 Å². The zero-order chi connectivity index (χ0) is 22.8. The van der Waals surface area contributed by atoms with Gasteiger partial charge < -0.3 is 4.42 Å². The Labute approximate surface area is 160 Å². The molecule has 3 heteroatoms. The molecule has 0 aliphatic rings. The molecule has 0 spiro atoms. The van der Waals surface area contributed by atoms with Crippen molar-refractivity contribution >= 4 is 27.6 Å². The Kier molecular flexibility index (Phi) is 2.52. The van der Waals surface area contributed by atoms with Gasteiger partial charge in [0, 0.05) is 33.9 Å². The maximum absolute atomic E-state index is 8.72. The van der Waals surface area contributed by atoms with E-state index in [1.807, 2.05) is 6.92 Å². The second-order valence-corrected chi connectivity index (χ2v) is 6.58. The predicted molar refractivity (Wildman–Crippen MR) is 106 cm³/mol. The summed E-state index contributed by atoms with van der Waals surface area (Å²) in [7, 11) is 1.79. The Morgan fingerprint density at radius 2 is 1.96 bits per heavy atom. The first kappa shape index (κ1) is 11.5. The van der Waals surface area contributed by atoms with Crippen LogP contribution in [0.2, 0.25) is 0 Å². The summed E-state index contributed by atoms with van der Waals surface area (Å²) in [5, 5.41) is 1.09. The molecule has 0 saturated carbocycles.